The zero-order valence-electron chi connectivity index (χ0n) is 20.2. The summed E-state index contributed by atoms with van der Waals surface area (Å²) in [4.78, 5) is 13.2. The first-order chi connectivity index (χ1) is 17.1. The van der Waals surface area contributed by atoms with Gasteiger partial charge in [-0.15, -0.1) is 0 Å². The number of hydrogen-bond acceptors (Lipinski definition) is 4. The number of benzene rings is 2. The molecule has 1 aliphatic carbocycles. The predicted octanol–water partition coefficient (Wildman–Crippen LogP) is 6.46. The number of carbonyl (C=O) groups excluding carboxylic acids is 1. The van der Waals surface area contributed by atoms with Crippen molar-refractivity contribution in [2.75, 3.05) is 12.4 Å². The number of aromatic nitrogens is 1. The van der Waals surface area contributed by atoms with Crippen LogP contribution in [0.4, 0.5) is 5.69 Å². The number of pyridine rings is 1. The number of hydrogen-bond donors (Lipinski definition) is 1. The quantitative estimate of drug-likeness (QED) is 0.343. The maximum Gasteiger partial charge on any atom is 0.340 e. The smallest absolute Gasteiger partial charge is 0.340 e. The molecule has 3 heterocycles. The molecule has 5 nitrogen and oxygen atoms in total. The van der Waals surface area contributed by atoms with Crippen molar-refractivity contribution in [2.24, 2.45) is 0 Å². The second-order valence-corrected chi connectivity index (χ2v) is 9.68. The van der Waals surface area contributed by atoms with Crippen molar-refractivity contribution in [3.05, 3.63) is 101 Å². The largest absolute Gasteiger partial charge is 0.496 e. The van der Waals surface area contributed by atoms with E-state index in [1.165, 1.54) is 32.1 Å². The minimum Gasteiger partial charge on any atom is -0.496 e. The number of fused-ring (bicyclic) bond motifs is 2. The fourth-order valence-corrected chi connectivity index (χ4v) is 5.98. The summed E-state index contributed by atoms with van der Waals surface area (Å²) >= 11 is 0. The van der Waals surface area contributed by atoms with E-state index in [1.807, 2.05) is 48.7 Å². The Kier molecular flexibility index (Phi) is 5.28. The van der Waals surface area contributed by atoms with Crippen LogP contribution in [0.1, 0.15) is 64.8 Å². The first-order valence-corrected chi connectivity index (χ1v) is 12.5. The van der Waals surface area contributed by atoms with Gasteiger partial charge in [-0.1, -0.05) is 43.5 Å². The lowest BCUT2D eigenvalue weighted by molar-refractivity contribution is 0.0228. The van der Waals surface area contributed by atoms with Crippen LogP contribution in [0.2, 0.25) is 0 Å². The lowest BCUT2D eigenvalue weighted by Crippen LogP contribution is -2.32. The summed E-state index contributed by atoms with van der Waals surface area (Å²) in [5.41, 5.74) is 5.16. The maximum atomic E-state index is 13.2. The molecule has 1 atom stereocenters. The van der Waals surface area contributed by atoms with Gasteiger partial charge in [-0.25, -0.2) is 4.79 Å². The lowest BCUT2D eigenvalue weighted by atomic mass is 9.81. The summed E-state index contributed by atoms with van der Waals surface area (Å²) in [6.45, 7) is 2.07. The molecule has 35 heavy (non-hydrogen) atoms. The van der Waals surface area contributed by atoms with E-state index in [9.17, 15) is 4.79 Å². The number of methoxy groups -OCH3 is 1. The van der Waals surface area contributed by atoms with E-state index in [0.29, 0.717) is 17.4 Å². The molecule has 178 valence electrons. The van der Waals surface area contributed by atoms with E-state index >= 15 is 0 Å². The van der Waals surface area contributed by atoms with Crippen molar-refractivity contribution < 1.29 is 14.3 Å². The summed E-state index contributed by atoms with van der Waals surface area (Å²) in [7, 11) is 1.68. The molecule has 2 aromatic carbocycles. The molecule has 0 amide bonds. The monoisotopic (exact) mass is 466 g/mol. The third kappa shape index (κ3) is 3.41. The summed E-state index contributed by atoms with van der Waals surface area (Å²) in [6, 6.07) is 22.6. The van der Waals surface area contributed by atoms with Crippen molar-refractivity contribution in [1.82, 2.24) is 4.40 Å². The molecule has 1 saturated carbocycles. The molecular formula is C30H30N2O3. The number of anilines is 1. The number of carbonyl (C=O) groups is 1. The third-order valence-electron chi connectivity index (χ3n) is 7.53. The van der Waals surface area contributed by atoms with Gasteiger partial charge in [-0.2, -0.15) is 0 Å². The van der Waals surface area contributed by atoms with E-state index in [-0.39, 0.29) is 5.97 Å². The van der Waals surface area contributed by atoms with Gasteiger partial charge in [-0.05, 0) is 61.7 Å². The summed E-state index contributed by atoms with van der Waals surface area (Å²) in [6.07, 6.45) is 8.26. The van der Waals surface area contributed by atoms with E-state index in [0.717, 1.165) is 33.6 Å². The summed E-state index contributed by atoms with van der Waals surface area (Å²) in [5, 5.41) is 3.70. The molecule has 0 spiro atoms. The number of ether oxygens (including phenoxy) is 2. The average Bonchev–Trinajstić information content (AvgIpc) is 3.38. The van der Waals surface area contributed by atoms with Crippen LogP contribution < -0.4 is 10.1 Å². The Morgan fingerprint density at radius 3 is 2.60 bits per heavy atom. The zero-order chi connectivity index (χ0) is 24.0. The van der Waals surface area contributed by atoms with Crippen molar-refractivity contribution in [3.63, 3.8) is 0 Å². The second-order valence-electron chi connectivity index (χ2n) is 9.68. The number of rotatable bonds is 5. The van der Waals surface area contributed by atoms with Crippen LogP contribution in [-0.4, -0.2) is 23.5 Å². The molecule has 0 bridgehead atoms. The number of cyclic esters (lactones) is 1. The SMILES string of the molecule is COc1cc(NC2CCCCC2)ccc1C1(c2c(C)cc3ccccn23)OC(=O)c2ccccc21. The topological polar surface area (TPSA) is 52.0 Å². The van der Waals surface area contributed by atoms with E-state index in [1.54, 1.807) is 7.11 Å². The highest BCUT2D eigenvalue weighted by Gasteiger charge is 2.52. The van der Waals surface area contributed by atoms with Crippen LogP contribution in [0.25, 0.3) is 5.52 Å². The summed E-state index contributed by atoms with van der Waals surface area (Å²) in [5.74, 6) is 0.373. The molecule has 0 saturated heterocycles. The second kappa shape index (κ2) is 8.49. The van der Waals surface area contributed by atoms with E-state index < -0.39 is 5.60 Å². The zero-order valence-corrected chi connectivity index (χ0v) is 20.2. The highest BCUT2D eigenvalue weighted by atomic mass is 16.6. The summed E-state index contributed by atoms with van der Waals surface area (Å²) < 4.78 is 14.5. The fourth-order valence-electron chi connectivity index (χ4n) is 5.98. The van der Waals surface area contributed by atoms with Crippen LogP contribution in [0.15, 0.2) is 72.9 Å². The standard InChI is InChI=1S/C30H30N2O3/c1-20-18-23-12-8-9-17-32(23)28(20)30(25-14-7-6-13-24(25)29(33)35-30)26-16-15-22(19-27(26)34-2)31-21-10-4-3-5-11-21/h6-9,12-19,21,31H,3-5,10-11H2,1-2H3. The molecule has 1 unspecified atom stereocenters. The van der Waals surface area contributed by atoms with E-state index in [4.69, 9.17) is 9.47 Å². The highest BCUT2D eigenvalue weighted by Crippen LogP contribution is 2.51. The van der Waals surface area contributed by atoms with Gasteiger partial charge in [0.1, 0.15) is 5.75 Å². The van der Waals surface area contributed by atoms with Crippen LogP contribution in [0.3, 0.4) is 0 Å². The van der Waals surface area contributed by atoms with Gasteiger partial charge < -0.3 is 19.2 Å². The fraction of sp³-hybridized carbons (Fsp3) is 0.300. The minimum absolute atomic E-state index is 0.322. The Morgan fingerprint density at radius 2 is 1.77 bits per heavy atom. The normalized spacial score (nSPS) is 20.0. The van der Waals surface area contributed by atoms with Crippen LogP contribution in [0, 0.1) is 6.92 Å². The van der Waals surface area contributed by atoms with Crippen molar-refractivity contribution >= 4 is 17.2 Å². The molecule has 1 aliphatic heterocycles. The molecule has 2 aromatic heterocycles. The van der Waals surface area contributed by atoms with Gasteiger partial charge in [-0.3, -0.25) is 0 Å². The number of nitrogens with one attached hydrogen (secondary N) is 1. The van der Waals surface area contributed by atoms with Gasteiger partial charge in [0.25, 0.3) is 0 Å². The first kappa shape index (κ1) is 21.8. The molecule has 4 aromatic rings. The van der Waals surface area contributed by atoms with Gasteiger partial charge in [0.05, 0.1) is 18.4 Å². The lowest BCUT2D eigenvalue weighted by Gasteiger charge is -2.32. The third-order valence-corrected chi connectivity index (χ3v) is 7.53. The molecule has 1 N–H and O–H groups in total. The molecule has 2 aliphatic rings. The Balaban J connectivity index is 1.57. The highest BCUT2D eigenvalue weighted by molar-refractivity contribution is 5.96. The average molecular weight is 467 g/mol. The number of esters is 1. The van der Waals surface area contributed by atoms with E-state index in [2.05, 4.69) is 40.9 Å². The van der Waals surface area contributed by atoms with Gasteiger partial charge in [0.15, 0.2) is 0 Å². The Labute approximate surface area is 205 Å². The van der Waals surface area contributed by atoms with Gasteiger partial charge in [0, 0.05) is 40.6 Å². The molecule has 0 radical (unpaired) electrons. The van der Waals surface area contributed by atoms with Crippen molar-refractivity contribution in [1.29, 1.82) is 0 Å². The van der Waals surface area contributed by atoms with Crippen molar-refractivity contribution in [3.8, 4) is 5.75 Å². The van der Waals surface area contributed by atoms with Crippen LogP contribution >= 0.6 is 0 Å². The predicted molar refractivity (Wildman–Crippen MR) is 137 cm³/mol. The molecular weight excluding hydrogens is 436 g/mol. The van der Waals surface area contributed by atoms with Crippen molar-refractivity contribution in [2.45, 2.75) is 50.7 Å². The Hall–Kier alpha value is -3.73. The van der Waals surface area contributed by atoms with Crippen LogP contribution in [0.5, 0.6) is 5.75 Å². The minimum atomic E-state index is -1.12. The Morgan fingerprint density at radius 1 is 0.971 bits per heavy atom. The molecule has 1 fully saturated rings. The Bertz CT molecular complexity index is 1420. The van der Waals surface area contributed by atoms with Gasteiger partial charge >= 0.3 is 5.97 Å². The van der Waals surface area contributed by atoms with Gasteiger partial charge in [0.2, 0.25) is 5.60 Å². The first-order valence-electron chi connectivity index (χ1n) is 12.5. The molecule has 6 rings (SSSR count). The molecule has 5 heteroatoms. The number of nitrogens with zero attached hydrogens (tertiary/aromatic N) is 1. The van der Waals surface area contributed by atoms with Crippen LogP contribution in [-0.2, 0) is 10.3 Å². The number of aryl methyl sites for hydroxylation is 1. The maximum absolute atomic E-state index is 13.2.